The number of methoxy groups -OCH3 is 3. The van der Waals surface area contributed by atoms with Gasteiger partial charge in [0, 0.05) is 96.9 Å². The monoisotopic (exact) mass is 822 g/mol. The highest BCUT2D eigenvalue weighted by molar-refractivity contribution is 5.99. The van der Waals surface area contributed by atoms with Crippen LogP contribution in [0.3, 0.4) is 0 Å². The average Bonchev–Trinajstić information content (AvgIpc) is 3.90. The van der Waals surface area contributed by atoms with Crippen LogP contribution in [0.2, 0.25) is 0 Å². The molecule has 14 nitrogen and oxygen atoms in total. The van der Waals surface area contributed by atoms with Gasteiger partial charge in [-0.15, -0.1) is 0 Å². The summed E-state index contributed by atoms with van der Waals surface area (Å²) in [7, 11) is 5.83. The van der Waals surface area contributed by atoms with Crippen LogP contribution in [0, 0.1) is 5.41 Å². The van der Waals surface area contributed by atoms with Gasteiger partial charge in [0.1, 0.15) is 16.9 Å². The molecule has 7 unspecified atom stereocenters. The van der Waals surface area contributed by atoms with Gasteiger partial charge in [0.15, 0.2) is 6.10 Å². The first kappa shape index (κ1) is 41.3. The Morgan fingerprint density at radius 3 is 2.43 bits per heavy atom. The number of Topliss-reactive ketones (excluding diaryl/α,β-unsaturated/α-hetero) is 1. The molecule has 1 saturated heterocycles. The lowest BCUT2D eigenvalue weighted by molar-refractivity contribution is -0.228. The predicted molar refractivity (Wildman–Crippen MR) is 221 cm³/mol. The highest BCUT2D eigenvalue weighted by atomic mass is 16.6. The predicted octanol–water partition coefficient (Wildman–Crippen LogP) is 4.24. The van der Waals surface area contributed by atoms with Crippen molar-refractivity contribution in [2.75, 3.05) is 52.9 Å². The van der Waals surface area contributed by atoms with E-state index in [9.17, 15) is 24.3 Å². The molecule has 0 radical (unpaired) electrons. The smallest absolute Gasteiger partial charge is 0.344 e. The van der Waals surface area contributed by atoms with Crippen molar-refractivity contribution < 1.29 is 48.0 Å². The third-order valence-corrected chi connectivity index (χ3v) is 14.4. The van der Waals surface area contributed by atoms with Gasteiger partial charge in [-0.25, -0.2) is 4.79 Å². The molecule has 0 bridgehead atoms. The van der Waals surface area contributed by atoms with Crippen LogP contribution in [-0.2, 0) is 55.4 Å². The van der Waals surface area contributed by atoms with Crippen molar-refractivity contribution in [2.24, 2.45) is 5.41 Å². The number of ketones is 1. The van der Waals surface area contributed by atoms with E-state index < -0.39 is 51.9 Å². The minimum atomic E-state index is -2.37. The zero-order chi connectivity index (χ0) is 42.9. The van der Waals surface area contributed by atoms with E-state index in [0.717, 1.165) is 34.0 Å². The number of aromatic amines is 1. The number of H-pyrrole nitrogens is 1. The molecule has 1 spiro atoms. The summed E-state index contributed by atoms with van der Waals surface area (Å²) in [4.78, 5) is 78.9. The Bertz CT molecular complexity index is 2350. The van der Waals surface area contributed by atoms with E-state index in [0.29, 0.717) is 55.7 Å². The zero-order valence-corrected chi connectivity index (χ0v) is 35.3. The second kappa shape index (κ2) is 14.9. The number of amides is 1. The number of para-hydroxylation sites is 1. The molecule has 1 aromatic heterocycles. The first-order valence-corrected chi connectivity index (χ1v) is 20.7. The molecule has 5 aliphatic rings. The standard InChI is InChI=1S/C46H54N4O10/c1-8-28-21-29(53)24-45(41(54)58-6,37-31(15-19-49(25-28)26-51)30-13-10-11-14-34(30)47-37)33-22-32-35(23-36(33)57-5)48(4)39-44(32)17-20-50-18-12-16-43(9-2,38(44)50)40(60-27(3)52)46(39,56)42(55)59-7/h10-14,16,22-23,25-26,38-40,47,56H,8-9,15,17-21,24H2,1-7H3. The number of hydrogen-bond donors (Lipinski definition) is 2. The molecule has 7 atom stereocenters. The summed E-state index contributed by atoms with van der Waals surface area (Å²) in [5.74, 6) is -2.22. The Labute approximate surface area is 349 Å². The number of likely N-dealkylation sites (N-methyl/N-ethyl adjacent to an activating group) is 1. The lowest BCUT2D eigenvalue weighted by atomic mass is 9.47. The molecule has 5 heterocycles. The zero-order valence-electron chi connectivity index (χ0n) is 35.3. The number of ether oxygens (including phenoxy) is 4. The Morgan fingerprint density at radius 2 is 1.77 bits per heavy atom. The van der Waals surface area contributed by atoms with Gasteiger partial charge >= 0.3 is 17.9 Å². The number of hydrogen-bond acceptors (Lipinski definition) is 12. The summed E-state index contributed by atoms with van der Waals surface area (Å²) >= 11 is 0. The summed E-state index contributed by atoms with van der Waals surface area (Å²) in [6.45, 7) is 6.64. The molecule has 14 heteroatoms. The topological polar surface area (TPSA) is 168 Å². The first-order valence-electron chi connectivity index (χ1n) is 20.7. The first-order chi connectivity index (χ1) is 28.8. The highest BCUT2D eigenvalue weighted by Crippen LogP contribution is 2.68. The Balaban J connectivity index is 1.47. The number of allylic oxidation sites excluding steroid dienone is 1. The summed E-state index contributed by atoms with van der Waals surface area (Å²) in [5, 5.41) is 14.1. The Morgan fingerprint density at radius 1 is 1.02 bits per heavy atom. The van der Waals surface area contributed by atoms with Crippen LogP contribution in [0.15, 0.2) is 60.3 Å². The number of fused-ring (bicyclic) bond motifs is 4. The van der Waals surface area contributed by atoms with Gasteiger partial charge in [-0.3, -0.25) is 24.1 Å². The molecule has 2 aromatic carbocycles. The van der Waals surface area contributed by atoms with Gasteiger partial charge in [0.05, 0.1) is 27.4 Å². The van der Waals surface area contributed by atoms with Crippen LogP contribution in [0.5, 0.6) is 5.75 Å². The number of nitrogens with one attached hydrogen (secondary N) is 1. The molecular weight excluding hydrogens is 769 g/mol. The van der Waals surface area contributed by atoms with Gasteiger partial charge < -0.3 is 38.8 Å². The third-order valence-electron chi connectivity index (χ3n) is 14.4. The number of esters is 3. The lowest BCUT2D eigenvalue weighted by Gasteiger charge is -2.63. The number of anilines is 1. The summed E-state index contributed by atoms with van der Waals surface area (Å²) in [6, 6.07) is 10.0. The van der Waals surface area contributed by atoms with Crippen LogP contribution in [0.1, 0.15) is 75.3 Å². The molecule has 1 aliphatic carbocycles. The van der Waals surface area contributed by atoms with E-state index in [-0.39, 0.29) is 37.0 Å². The summed E-state index contributed by atoms with van der Waals surface area (Å²) in [5.41, 5.74) is -1.78. The van der Waals surface area contributed by atoms with E-state index in [1.165, 1.54) is 28.3 Å². The van der Waals surface area contributed by atoms with Crippen LogP contribution >= 0.6 is 0 Å². The molecule has 318 valence electrons. The maximum Gasteiger partial charge on any atom is 0.344 e. The van der Waals surface area contributed by atoms with Crippen molar-refractivity contribution in [3.63, 3.8) is 0 Å². The van der Waals surface area contributed by atoms with Gasteiger partial charge in [-0.1, -0.05) is 44.2 Å². The molecule has 8 rings (SSSR count). The minimum absolute atomic E-state index is 0.0107. The Kier molecular flexibility index (Phi) is 10.3. The highest BCUT2D eigenvalue weighted by Gasteiger charge is 2.80. The average molecular weight is 823 g/mol. The van der Waals surface area contributed by atoms with Gasteiger partial charge in [-0.05, 0) is 61.1 Å². The molecule has 3 aromatic rings. The fourth-order valence-electron chi connectivity index (χ4n) is 12.2. The molecule has 1 amide bonds. The van der Waals surface area contributed by atoms with Crippen molar-refractivity contribution in [1.82, 2.24) is 14.8 Å². The lowest BCUT2D eigenvalue weighted by Crippen LogP contribution is -2.81. The summed E-state index contributed by atoms with van der Waals surface area (Å²) < 4.78 is 23.6. The van der Waals surface area contributed by atoms with Crippen LogP contribution in [-0.4, -0.2) is 122 Å². The van der Waals surface area contributed by atoms with Gasteiger partial charge in [0.25, 0.3) is 0 Å². The number of benzene rings is 2. The number of aromatic nitrogens is 1. The van der Waals surface area contributed by atoms with Gasteiger partial charge in [0.2, 0.25) is 12.0 Å². The quantitative estimate of drug-likeness (QED) is 0.144. The molecule has 2 N–H and O–H groups in total. The van der Waals surface area contributed by atoms with Gasteiger partial charge in [-0.2, -0.15) is 0 Å². The fraction of sp³-hybridized carbons (Fsp3) is 0.500. The maximum absolute atomic E-state index is 15.2. The van der Waals surface area contributed by atoms with Crippen molar-refractivity contribution in [2.45, 2.75) is 93.9 Å². The van der Waals surface area contributed by atoms with Crippen molar-refractivity contribution in [1.29, 1.82) is 0 Å². The number of nitrogens with zero attached hydrogens (tertiary/aromatic N) is 3. The number of aliphatic hydroxyl groups is 1. The SMILES string of the molecule is CCC1=CN(C=O)CCc2c([nH]c3ccccc23)C(C(=O)OC)(c2cc3c(cc2OC)N(C)C2C(O)(C(=O)OC)C(OC(C)=O)C4(CC)C=CCN5CCC32C54)CC(=O)C1. The van der Waals surface area contributed by atoms with Crippen LogP contribution in [0.4, 0.5) is 5.69 Å². The Hall–Kier alpha value is -5.47. The van der Waals surface area contributed by atoms with E-state index in [2.05, 4.69) is 9.88 Å². The third kappa shape index (κ3) is 5.48. The van der Waals surface area contributed by atoms with E-state index in [4.69, 9.17) is 18.9 Å². The van der Waals surface area contributed by atoms with Crippen molar-refractivity contribution >= 4 is 46.7 Å². The molecule has 2 fully saturated rings. The number of rotatable bonds is 8. The largest absolute Gasteiger partial charge is 0.496 e. The molecular formula is C46H54N4O10. The van der Waals surface area contributed by atoms with Crippen molar-refractivity contribution in [3.05, 3.63) is 82.7 Å². The van der Waals surface area contributed by atoms with E-state index in [1.807, 2.05) is 67.3 Å². The molecule has 60 heavy (non-hydrogen) atoms. The van der Waals surface area contributed by atoms with Crippen LogP contribution < -0.4 is 9.64 Å². The van der Waals surface area contributed by atoms with E-state index >= 15 is 4.79 Å². The second-order valence-corrected chi connectivity index (χ2v) is 17.0. The molecule has 1 saturated carbocycles. The summed E-state index contributed by atoms with van der Waals surface area (Å²) in [6.07, 6.45) is 6.60. The fourth-order valence-corrected chi connectivity index (χ4v) is 12.2. The second-order valence-electron chi connectivity index (χ2n) is 17.0. The van der Waals surface area contributed by atoms with Crippen LogP contribution in [0.25, 0.3) is 10.9 Å². The number of carbonyl (C=O) groups is 5. The molecule has 4 aliphatic heterocycles. The van der Waals surface area contributed by atoms with Crippen molar-refractivity contribution in [3.8, 4) is 5.75 Å². The normalized spacial score (nSPS) is 31.0. The number of carbonyl (C=O) groups excluding carboxylic acids is 5. The minimum Gasteiger partial charge on any atom is -0.496 e. The van der Waals surface area contributed by atoms with E-state index in [1.54, 1.807) is 18.1 Å². The maximum atomic E-state index is 15.2.